The van der Waals surface area contributed by atoms with Gasteiger partial charge in [-0.15, -0.1) is 0 Å². The van der Waals surface area contributed by atoms with Gasteiger partial charge in [-0.05, 0) is 42.7 Å². The fourth-order valence-electron chi connectivity index (χ4n) is 2.47. The molecule has 1 aliphatic carbocycles. The van der Waals surface area contributed by atoms with Crippen LogP contribution >= 0.6 is 23.2 Å². The fraction of sp³-hybridized carbons (Fsp3) is 0.263. The number of nitrogens with one attached hydrogen (secondary N) is 2. The van der Waals surface area contributed by atoms with Crippen LogP contribution in [-0.4, -0.2) is 18.9 Å². The Morgan fingerprint density at radius 3 is 2.27 bits per heavy atom. The molecule has 3 rings (SSSR count). The monoisotopic (exact) mass is 392 g/mol. The van der Waals surface area contributed by atoms with Crippen molar-refractivity contribution in [2.75, 3.05) is 12.4 Å². The van der Waals surface area contributed by atoms with Gasteiger partial charge in [-0.3, -0.25) is 9.59 Å². The van der Waals surface area contributed by atoms with Gasteiger partial charge in [0.25, 0.3) is 5.91 Å². The summed E-state index contributed by atoms with van der Waals surface area (Å²) < 4.78 is 5.07. The number of anilines is 1. The van der Waals surface area contributed by atoms with Crippen LogP contribution in [0, 0.1) is 5.92 Å². The van der Waals surface area contributed by atoms with Crippen LogP contribution in [0.25, 0.3) is 0 Å². The summed E-state index contributed by atoms with van der Waals surface area (Å²) in [7, 11) is 1.46. The summed E-state index contributed by atoms with van der Waals surface area (Å²) in [6.07, 6.45) is 1.94. The number of carbonyl (C=O) groups is 2. The first-order valence-electron chi connectivity index (χ1n) is 8.19. The van der Waals surface area contributed by atoms with E-state index in [1.54, 1.807) is 0 Å². The first-order valence-corrected chi connectivity index (χ1v) is 8.94. The second kappa shape index (κ2) is 7.98. The van der Waals surface area contributed by atoms with Gasteiger partial charge in [0.2, 0.25) is 5.91 Å². The van der Waals surface area contributed by atoms with E-state index in [9.17, 15) is 9.59 Å². The van der Waals surface area contributed by atoms with E-state index in [1.807, 2.05) is 24.3 Å². The number of amides is 2. The van der Waals surface area contributed by atoms with Crippen molar-refractivity contribution in [1.82, 2.24) is 5.32 Å². The third kappa shape index (κ3) is 4.48. The van der Waals surface area contributed by atoms with E-state index in [-0.39, 0.29) is 27.8 Å². The highest BCUT2D eigenvalue weighted by Crippen LogP contribution is 2.33. The van der Waals surface area contributed by atoms with Gasteiger partial charge >= 0.3 is 0 Å². The summed E-state index contributed by atoms with van der Waals surface area (Å²) in [6, 6.07) is 10.4. The Kier molecular flexibility index (Phi) is 5.69. The average molecular weight is 393 g/mol. The van der Waals surface area contributed by atoms with Crippen molar-refractivity contribution in [3.8, 4) is 5.75 Å². The van der Waals surface area contributed by atoms with Crippen LogP contribution in [0.5, 0.6) is 5.75 Å². The van der Waals surface area contributed by atoms with E-state index in [0.29, 0.717) is 17.9 Å². The zero-order chi connectivity index (χ0) is 18.7. The lowest BCUT2D eigenvalue weighted by Gasteiger charge is -2.10. The Morgan fingerprint density at radius 1 is 1.12 bits per heavy atom. The molecule has 2 aromatic rings. The van der Waals surface area contributed by atoms with Crippen molar-refractivity contribution in [2.24, 2.45) is 5.92 Å². The van der Waals surface area contributed by atoms with Crippen LogP contribution in [0.1, 0.15) is 28.8 Å². The standard InChI is InChI=1S/C19H18Cl2N2O3/c1-26-17-15(20)8-13(9-16(17)21)18(24)22-10-11-2-6-14(7-3-11)23-19(25)12-4-5-12/h2-3,6-9,12H,4-5,10H2,1H3,(H,22,24)(H,23,25). The lowest BCUT2D eigenvalue weighted by atomic mass is 10.1. The molecule has 0 radical (unpaired) electrons. The number of rotatable bonds is 6. The number of benzene rings is 2. The van der Waals surface area contributed by atoms with E-state index >= 15 is 0 Å². The van der Waals surface area contributed by atoms with Crippen molar-refractivity contribution in [2.45, 2.75) is 19.4 Å². The van der Waals surface area contributed by atoms with E-state index in [4.69, 9.17) is 27.9 Å². The molecule has 26 heavy (non-hydrogen) atoms. The summed E-state index contributed by atoms with van der Waals surface area (Å²) in [5.41, 5.74) is 2.02. The molecule has 2 aromatic carbocycles. The van der Waals surface area contributed by atoms with Gasteiger partial charge in [-0.1, -0.05) is 35.3 Å². The Labute approximate surface area is 161 Å². The van der Waals surface area contributed by atoms with Gasteiger partial charge < -0.3 is 15.4 Å². The van der Waals surface area contributed by atoms with Crippen molar-refractivity contribution in [3.63, 3.8) is 0 Å². The molecule has 1 aliphatic rings. The highest BCUT2D eigenvalue weighted by atomic mass is 35.5. The summed E-state index contributed by atoms with van der Waals surface area (Å²) in [5.74, 6) is 0.285. The largest absolute Gasteiger partial charge is 0.494 e. The first-order chi connectivity index (χ1) is 12.5. The molecule has 5 nitrogen and oxygen atoms in total. The Balaban J connectivity index is 1.58. The van der Waals surface area contributed by atoms with Crippen LogP contribution < -0.4 is 15.4 Å². The average Bonchev–Trinajstić information content (AvgIpc) is 3.45. The van der Waals surface area contributed by atoms with Gasteiger partial charge in [-0.2, -0.15) is 0 Å². The molecule has 136 valence electrons. The quantitative estimate of drug-likeness (QED) is 0.770. The van der Waals surface area contributed by atoms with Crippen LogP contribution in [0.3, 0.4) is 0 Å². The summed E-state index contributed by atoms with van der Waals surface area (Å²) in [4.78, 5) is 24.0. The fourth-order valence-corrected chi connectivity index (χ4v) is 3.11. The second-order valence-corrected chi connectivity index (χ2v) is 6.93. The number of carbonyl (C=O) groups excluding carboxylic acids is 2. The molecular formula is C19H18Cl2N2O3. The molecule has 2 N–H and O–H groups in total. The molecule has 0 aliphatic heterocycles. The molecule has 7 heteroatoms. The maximum Gasteiger partial charge on any atom is 0.251 e. The van der Waals surface area contributed by atoms with Crippen molar-refractivity contribution < 1.29 is 14.3 Å². The van der Waals surface area contributed by atoms with Crippen molar-refractivity contribution in [1.29, 1.82) is 0 Å². The highest BCUT2D eigenvalue weighted by Gasteiger charge is 2.29. The maximum absolute atomic E-state index is 12.3. The van der Waals surface area contributed by atoms with E-state index in [1.165, 1.54) is 19.2 Å². The molecule has 1 saturated carbocycles. The van der Waals surface area contributed by atoms with E-state index in [0.717, 1.165) is 24.1 Å². The predicted octanol–water partition coefficient (Wildman–Crippen LogP) is 4.28. The molecule has 1 fully saturated rings. The van der Waals surface area contributed by atoms with Crippen molar-refractivity contribution >= 4 is 40.7 Å². The highest BCUT2D eigenvalue weighted by molar-refractivity contribution is 6.37. The van der Waals surface area contributed by atoms with E-state index < -0.39 is 0 Å². The molecule has 0 aromatic heterocycles. The Hall–Kier alpha value is -2.24. The molecule has 0 bridgehead atoms. The zero-order valence-electron chi connectivity index (χ0n) is 14.1. The van der Waals surface area contributed by atoms with Gasteiger partial charge in [0, 0.05) is 23.7 Å². The number of methoxy groups -OCH3 is 1. The molecule has 0 saturated heterocycles. The lowest BCUT2D eigenvalue weighted by molar-refractivity contribution is -0.117. The zero-order valence-corrected chi connectivity index (χ0v) is 15.7. The van der Waals surface area contributed by atoms with Gasteiger partial charge in [0.1, 0.15) is 0 Å². The number of ether oxygens (including phenoxy) is 1. The number of halogens is 2. The lowest BCUT2D eigenvalue weighted by Crippen LogP contribution is -2.22. The summed E-state index contributed by atoms with van der Waals surface area (Å²) in [5, 5.41) is 6.25. The topological polar surface area (TPSA) is 67.4 Å². The third-order valence-corrected chi connectivity index (χ3v) is 4.65. The molecule has 2 amide bonds. The van der Waals surface area contributed by atoms with Gasteiger partial charge in [-0.25, -0.2) is 0 Å². The minimum Gasteiger partial charge on any atom is -0.494 e. The molecule has 0 unspecified atom stereocenters. The van der Waals surface area contributed by atoms with E-state index in [2.05, 4.69) is 10.6 Å². The maximum atomic E-state index is 12.3. The first kappa shape index (κ1) is 18.5. The van der Waals surface area contributed by atoms with Gasteiger partial charge in [0.15, 0.2) is 5.75 Å². The minimum absolute atomic E-state index is 0.0688. The summed E-state index contributed by atoms with van der Waals surface area (Å²) in [6.45, 7) is 0.344. The van der Waals surface area contributed by atoms with Crippen LogP contribution in [0.2, 0.25) is 10.0 Å². The predicted molar refractivity (Wildman–Crippen MR) is 102 cm³/mol. The number of hydrogen-bond acceptors (Lipinski definition) is 3. The summed E-state index contributed by atoms with van der Waals surface area (Å²) >= 11 is 12.1. The van der Waals surface area contributed by atoms with Crippen molar-refractivity contribution in [3.05, 3.63) is 57.6 Å². The van der Waals surface area contributed by atoms with Crippen LogP contribution in [0.15, 0.2) is 36.4 Å². The number of hydrogen-bond donors (Lipinski definition) is 2. The Bertz CT molecular complexity index is 810. The van der Waals surface area contributed by atoms with Gasteiger partial charge in [0.05, 0.1) is 17.2 Å². The normalized spacial score (nSPS) is 13.2. The smallest absolute Gasteiger partial charge is 0.251 e. The van der Waals surface area contributed by atoms with Crippen LogP contribution in [0.4, 0.5) is 5.69 Å². The Morgan fingerprint density at radius 2 is 1.73 bits per heavy atom. The molecule has 0 atom stereocenters. The third-order valence-electron chi connectivity index (χ3n) is 4.09. The second-order valence-electron chi connectivity index (χ2n) is 6.12. The molecular weight excluding hydrogens is 375 g/mol. The van der Waals surface area contributed by atoms with Crippen LogP contribution in [-0.2, 0) is 11.3 Å². The minimum atomic E-state index is -0.289. The molecule has 0 heterocycles. The molecule has 0 spiro atoms. The SMILES string of the molecule is COc1c(Cl)cc(C(=O)NCc2ccc(NC(=O)C3CC3)cc2)cc1Cl.